The maximum atomic E-state index is 12.6. The zero-order valence-corrected chi connectivity index (χ0v) is 16.4. The van der Waals surface area contributed by atoms with E-state index in [1.807, 2.05) is 41.3 Å². The number of fused-ring (bicyclic) bond motifs is 1. The van der Waals surface area contributed by atoms with Crippen LogP contribution in [0.5, 0.6) is 0 Å². The maximum Gasteiger partial charge on any atom is 0.254 e. The van der Waals surface area contributed by atoms with Gasteiger partial charge in [-0.2, -0.15) is 0 Å². The van der Waals surface area contributed by atoms with Gasteiger partial charge in [-0.25, -0.2) is 9.97 Å². The molecular weight excluding hydrogens is 388 g/mol. The third-order valence-electron chi connectivity index (χ3n) is 4.71. The first-order valence-electron chi connectivity index (χ1n) is 9.08. The van der Waals surface area contributed by atoms with E-state index in [2.05, 4.69) is 20.4 Å². The number of anilines is 1. The average molecular weight is 408 g/mol. The summed E-state index contributed by atoms with van der Waals surface area (Å²) in [5.74, 6) is 2.49. The third kappa shape index (κ3) is 4.09. The lowest BCUT2D eigenvalue weighted by atomic mass is 10.1. The van der Waals surface area contributed by atoms with Gasteiger partial charge in [-0.05, 0) is 29.8 Å². The lowest BCUT2D eigenvalue weighted by molar-refractivity contribution is 0.0803. The van der Waals surface area contributed by atoms with Crippen molar-refractivity contribution in [2.45, 2.75) is 6.54 Å². The van der Waals surface area contributed by atoms with Gasteiger partial charge in [-0.15, -0.1) is 11.8 Å². The number of hydrogen-bond donors (Lipinski definition) is 3. The normalized spacial score (nSPS) is 14.3. The van der Waals surface area contributed by atoms with Crippen molar-refractivity contribution in [3.05, 3.63) is 65.5 Å². The second-order valence-corrected chi connectivity index (χ2v) is 7.67. The van der Waals surface area contributed by atoms with Crippen molar-refractivity contribution < 1.29 is 10.0 Å². The molecule has 1 aromatic heterocycles. The molecule has 4 N–H and O–H groups in total. The number of nitrogens with two attached hydrogens (primary N) is 1. The number of rotatable bonds is 5. The van der Waals surface area contributed by atoms with Gasteiger partial charge in [-0.3, -0.25) is 4.79 Å². The molecule has 1 aliphatic rings. The van der Waals surface area contributed by atoms with Gasteiger partial charge >= 0.3 is 0 Å². The number of carbonyl (C=O) groups excluding carboxylic acids is 1. The quantitative estimate of drug-likeness (QED) is 0.257. The summed E-state index contributed by atoms with van der Waals surface area (Å²) in [6, 6.07) is 12.9. The first-order chi connectivity index (χ1) is 14.2. The second-order valence-electron chi connectivity index (χ2n) is 6.60. The lowest BCUT2D eigenvalue weighted by Gasteiger charge is -2.15. The summed E-state index contributed by atoms with van der Waals surface area (Å²) in [4.78, 5) is 23.1. The minimum atomic E-state index is 0.0324. The molecule has 2 aromatic carbocycles. The molecular formula is C20H20N6O2S. The molecule has 0 unspecified atom stereocenters. The fourth-order valence-corrected chi connectivity index (χ4v) is 4.12. The molecule has 0 radical (unpaired) electrons. The van der Waals surface area contributed by atoms with Crippen LogP contribution in [-0.2, 0) is 6.54 Å². The molecule has 9 heteroatoms. The summed E-state index contributed by atoms with van der Waals surface area (Å²) >= 11 is 1.76. The van der Waals surface area contributed by atoms with E-state index < -0.39 is 0 Å². The van der Waals surface area contributed by atoms with Crippen LogP contribution in [0.1, 0.15) is 21.5 Å². The van der Waals surface area contributed by atoms with E-state index >= 15 is 0 Å². The summed E-state index contributed by atoms with van der Waals surface area (Å²) < 4.78 is 0. The zero-order valence-electron chi connectivity index (χ0n) is 15.6. The van der Waals surface area contributed by atoms with Gasteiger partial charge < -0.3 is 21.2 Å². The van der Waals surface area contributed by atoms with Crippen LogP contribution in [-0.4, -0.2) is 50.0 Å². The first kappa shape index (κ1) is 19.0. The molecule has 148 valence electrons. The number of oxime groups is 1. The Kier molecular flexibility index (Phi) is 5.48. The monoisotopic (exact) mass is 408 g/mol. The highest BCUT2D eigenvalue weighted by atomic mass is 32.2. The van der Waals surface area contributed by atoms with Crippen molar-refractivity contribution in [2.75, 3.05) is 23.5 Å². The average Bonchev–Trinajstić information content (AvgIpc) is 3.31. The van der Waals surface area contributed by atoms with Crippen LogP contribution >= 0.6 is 11.8 Å². The molecule has 1 aliphatic heterocycles. The molecule has 0 aliphatic carbocycles. The molecule has 8 nitrogen and oxygen atoms in total. The van der Waals surface area contributed by atoms with Crippen molar-refractivity contribution in [1.82, 2.24) is 14.9 Å². The van der Waals surface area contributed by atoms with E-state index in [0.29, 0.717) is 29.0 Å². The van der Waals surface area contributed by atoms with Crippen molar-refractivity contribution in [1.29, 1.82) is 0 Å². The number of thioether (sulfide) groups is 1. The minimum absolute atomic E-state index is 0.0324. The van der Waals surface area contributed by atoms with Crippen LogP contribution in [0.15, 0.2) is 53.9 Å². The summed E-state index contributed by atoms with van der Waals surface area (Å²) in [5.41, 5.74) is 8.60. The Morgan fingerprint density at radius 3 is 2.93 bits per heavy atom. The molecule has 29 heavy (non-hydrogen) atoms. The van der Waals surface area contributed by atoms with Crippen molar-refractivity contribution in [3.63, 3.8) is 0 Å². The van der Waals surface area contributed by atoms with Crippen molar-refractivity contribution >= 4 is 40.2 Å². The standard InChI is InChI=1S/C20H20N6O2S/c21-18(25-28)14-3-1-2-13(8-14)10-22-19-16-5-4-15(9-17(16)23-11-24-19)20(27)26-6-7-29-12-26/h1-5,8-9,11,28H,6-7,10,12H2,(H2,21,25)(H,22,23,24). The van der Waals surface area contributed by atoms with Crippen LogP contribution in [0.25, 0.3) is 10.9 Å². The molecule has 0 bridgehead atoms. The fourth-order valence-electron chi connectivity index (χ4n) is 3.17. The Balaban J connectivity index is 1.54. The number of amidine groups is 1. The topological polar surface area (TPSA) is 117 Å². The van der Waals surface area contributed by atoms with Crippen LogP contribution in [0.2, 0.25) is 0 Å². The number of nitrogens with zero attached hydrogens (tertiary/aromatic N) is 4. The number of amides is 1. The lowest BCUT2D eigenvalue weighted by Crippen LogP contribution is -2.27. The predicted octanol–water partition coefficient (Wildman–Crippen LogP) is 2.48. The van der Waals surface area contributed by atoms with Gasteiger partial charge in [-0.1, -0.05) is 23.4 Å². The Labute approximate surface area is 171 Å². The first-order valence-corrected chi connectivity index (χ1v) is 10.2. The zero-order chi connectivity index (χ0) is 20.2. The Bertz CT molecular complexity index is 1080. The maximum absolute atomic E-state index is 12.6. The Morgan fingerprint density at radius 2 is 2.14 bits per heavy atom. The second kappa shape index (κ2) is 8.36. The molecule has 3 aromatic rings. The highest BCUT2D eigenvalue weighted by Crippen LogP contribution is 2.23. The molecule has 0 spiro atoms. The number of nitrogens with one attached hydrogen (secondary N) is 1. The van der Waals surface area contributed by atoms with E-state index in [-0.39, 0.29) is 11.7 Å². The van der Waals surface area contributed by atoms with Crippen LogP contribution in [0.3, 0.4) is 0 Å². The highest BCUT2D eigenvalue weighted by molar-refractivity contribution is 7.99. The van der Waals surface area contributed by atoms with Crippen molar-refractivity contribution in [2.24, 2.45) is 10.9 Å². The number of aromatic nitrogens is 2. The SMILES string of the molecule is NC(=NO)c1cccc(CNc2ncnc3cc(C(=O)N4CCSC4)ccc23)c1. The number of hydrogen-bond acceptors (Lipinski definition) is 7. The number of benzene rings is 2. The highest BCUT2D eigenvalue weighted by Gasteiger charge is 2.20. The molecule has 1 saturated heterocycles. The molecule has 0 atom stereocenters. The van der Waals surface area contributed by atoms with E-state index in [4.69, 9.17) is 10.9 Å². The molecule has 2 heterocycles. The Hall–Kier alpha value is -3.33. The summed E-state index contributed by atoms with van der Waals surface area (Å²) in [6.45, 7) is 1.28. The van der Waals surface area contributed by atoms with E-state index in [1.165, 1.54) is 6.33 Å². The molecule has 4 rings (SSSR count). The molecule has 0 saturated carbocycles. The fraction of sp³-hybridized carbons (Fsp3) is 0.200. The van der Waals surface area contributed by atoms with Gasteiger partial charge in [0.25, 0.3) is 5.91 Å². The van der Waals surface area contributed by atoms with Crippen LogP contribution in [0.4, 0.5) is 5.82 Å². The van der Waals surface area contributed by atoms with Crippen LogP contribution in [0, 0.1) is 0 Å². The summed E-state index contributed by atoms with van der Waals surface area (Å²) in [7, 11) is 0. The van der Waals surface area contributed by atoms with Gasteiger partial charge in [0.2, 0.25) is 0 Å². The van der Waals surface area contributed by atoms with Gasteiger partial charge in [0, 0.05) is 35.4 Å². The molecule has 1 amide bonds. The predicted molar refractivity (Wildman–Crippen MR) is 114 cm³/mol. The van der Waals surface area contributed by atoms with E-state index in [1.54, 1.807) is 17.8 Å². The van der Waals surface area contributed by atoms with Crippen LogP contribution < -0.4 is 11.1 Å². The third-order valence-corrected chi connectivity index (χ3v) is 5.68. The summed E-state index contributed by atoms with van der Waals surface area (Å²) in [6.07, 6.45) is 1.48. The van der Waals surface area contributed by atoms with Crippen molar-refractivity contribution in [3.8, 4) is 0 Å². The van der Waals surface area contributed by atoms with E-state index in [0.717, 1.165) is 29.1 Å². The van der Waals surface area contributed by atoms with Gasteiger partial charge in [0.15, 0.2) is 5.84 Å². The van der Waals surface area contributed by atoms with Gasteiger partial charge in [0.1, 0.15) is 12.1 Å². The molecule has 1 fully saturated rings. The van der Waals surface area contributed by atoms with Gasteiger partial charge in [0.05, 0.1) is 11.4 Å². The largest absolute Gasteiger partial charge is 0.409 e. The number of carbonyl (C=O) groups is 1. The Morgan fingerprint density at radius 1 is 1.24 bits per heavy atom. The minimum Gasteiger partial charge on any atom is -0.409 e. The van der Waals surface area contributed by atoms with E-state index in [9.17, 15) is 4.79 Å². The summed E-state index contributed by atoms with van der Waals surface area (Å²) in [5, 5.41) is 16.0. The smallest absolute Gasteiger partial charge is 0.254 e.